The fourth-order valence-electron chi connectivity index (χ4n) is 0.155. The molecule has 0 aromatic rings. The first-order valence-corrected chi connectivity index (χ1v) is 5.77. The molecule has 0 aromatic carbocycles. The van der Waals surface area contributed by atoms with Crippen LogP contribution in [0.25, 0.3) is 0 Å². The van der Waals surface area contributed by atoms with Gasteiger partial charge < -0.3 is 0 Å². The van der Waals surface area contributed by atoms with Gasteiger partial charge in [0.25, 0.3) is 0 Å². The van der Waals surface area contributed by atoms with E-state index in [0.29, 0.717) is 0 Å². The second-order valence-corrected chi connectivity index (χ2v) is 6.22. The van der Waals surface area contributed by atoms with Crippen LogP contribution in [-0.2, 0) is 13.5 Å². The van der Waals surface area contributed by atoms with E-state index in [2.05, 4.69) is 14.9 Å². The van der Waals surface area contributed by atoms with Gasteiger partial charge in [-0.2, -0.15) is 8.42 Å². The normalized spacial score (nSPS) is 16.5. The van der Waals surface area contributed by atoms with Crippen LogP contribution in [0.15, 0.2) is 0 Å². The third-order valence-corrected chi connectivity index (χ3v) is 2.55. The van der Waals surface area contributed by atoms with Crippen molar-refractivity contribution >= 4 is 66.4 Å². The Morgan fingerprint density at radius 1 is 1.27 bits per heavy atom. The molecule has 1 unspecified atom stereocenters. The van der Waals surface area contributed by atoms with Crippen LogP contribution in [0.2, 0.25) is 0 Å². The number of halogens is 5. The maximum atomic E-state index is 10.2. The maximum Gasteiger partial charge on any atom is 0.357 e. The van der Waals surface area contributed by atoms with Crippen molar-refractivity contribution in [2.45, 2.75) is 9.36 Å². The van der Waals surface area contributed by atoms with Gasteiger partial charge in [0.2, 0.25) is 3.79 Å². The Balaban J connectivity index is 4.21. The smallest absolute Gasteiger partial charge is 0.234 e. The van der Waals surface area contributed by atoms with Crippen molar-refractivity contribution < 1.29 is 12.6 Å². The van der Waals surface area contributed by atoms with Crippen molar-refractivity contribution in [2.24, 2.45) is 0 Å². The minimum absolute atomic E-state index is 1.64. The van der Waals surface area contributed by atoms with Gasteiger partial charge in [-0.3, -0.25) is 0 Å². The van der Waals surface area contributed by atoms with E-state index in [1.807, 2.05) is 0 Å². The van der Waals surface area contributed by atoms with Crippen molar-refractivity contribution in [2.75, 3.05) is 0 Å². The molecule has 0 saturated heterocycles. The van der Waals surface area contributed by atoms with Crippen LogP contribution in [0, 0.1) is 0 Å². The van der Waals surface area contributed by atoms with Gasteiger partial charge in [-0.1, -0.05) is 46.4 Å². The number of hydrogen-bond acceptors (Lipinski definition) is 3. The van der Waals surface area contributed by atoms with Gasteiger partial charge in [0.15, 0.2) is 5.56 Å². The predicted octanol–water partition coefficient (Wildman–Crippen LogP) is 2.42. The molecule has 11 heavy (non-hydrogen) atoms. The van der Waals surface area contributed by atoms with Crippen molar-refractivity contribution in [3.63, 3.8) is 0 Å². The van der Waals surface area contributed by atoms with Crippen molar-refractivity contribution in [1.29, 1.82) is 0 Å². The lowest BCUT2D eigenvalue weighted by Gasteiger charge is -2.15. The topological polar surface area (TPSA) is 43.4 Å². The SMILES string of the molecule is O=S(=O)(Cl)OC(Cl)C(Cl)(Cl)Cl. The molecule has 0 bridgehead atoms. The molecule has 0 aromatic heterocycles. The highest BCUT2D eigenvalue weighted by molar-refractivity contribution is 8.10. The van der Waals surface area contributed by atoms with Crippen LogP contribution < -0.4 is 0 Å². The van der Waals surface area contributed by atoms with Crippen molar-refractivity contribution in [3.8, 4) is 0 Å². The zero-order valence-corrected chi connectivity index (χ0v) is 9.20. The van der Waals surface area contributed by atoms with Crippen molar-refractivity contribution in [3.05, 3.63) is 0 Å². The minimum atomic E-state index is -4.22. The summed E-state index contributed by atoms with van der Waals surface area (Å²) in [6, 6.07) is 0. The van der Waals surface area contributed by atoms with Gasteiger partial charge >= 0.3 is 9.33 Å². The summed E-state index contributed by atoms with van der Waals surface area (Å²) in [6.45, 7) is 0. The maximum absolute atomic E-state index is 10.2. The first kappa shape index (κ1) is 12.4. The third-order valence-electron chi connectivity index (χ3n) is 0.457. The van der Waals surface area contributed by atoms with E-state index < -0.39 is 18.7 Å². The zero-order valence-electron chi connectivity index (χ0n) is 4.60. The fraction of sp³-hybridized carbons (Fsp3) is 1.00. The third kappa shape index (κ3) is 6.51. The van der Waals surface area contributed by atoms with E-state index in [9.17, 15) is 8.42 Å². The molecule has 0 aliphatic rings. The van der Waals surface area contributed by atoms with Gasteiger partial charge in [-0.25, -0.2) is 4.18 Å². The molecule has 0 N–H and O–H groups in total. The Morgan fingerprint density at radius 3 is 1.73 bits per heavy atom. The van der Waals surface area contributed by atoms with Gasteiger partial charge in [0.05, 0.1) is 0 Å². The molecular formula is C2HCl5O3S. The second kappa shape index (κ2) is 4.05. The molecule has 0 radical (unpaired) electrons. The fourth-order valence-corrected chi connectivity index (χ4v) is 1.41. The van der Waals surface area contributed by atoms with E-state index in [1.54, 1.807) is 0 Å². The first-order valence-electron chi connectivity index (χ1n) is 1.96. The van der Waals surface area contributed by atoms with E-state index in [1.165, 1.54) is 0 Å². The molecule has 3 nitrogen and oxygen atoms in total. The van der Waals surface area contributed by atoms with E-state index in [4.69, 9.17) is 46.4 Å². The molecule has 9 heteroatoms. The summed E-state index contributed by atoms with van der Waals surface area (Å²) < 4.78 is 22.2. The number of alkyl halides is 4. The predicted molar refractivity (Wildman–Crippen MR) is 45.8 cm³/mol. The lowest BCUT2D eigenvalue weighted by molar-refractivity contribution is 0.299. The summed E-state index contributed by atoms with van der Waals surface area (Å²) >= 11 is 20.6. The summed E-state index contributed by atoms with van der Waals surface area (Å²) in [7, 11) is 0.404. The Kier molecular flexibility index (Phi) is 4.55. The summed E-state index contributed by atoms with van der Waals surface area (Å²) in [5.74, 6) is 0. The highest BCUT2D eigenvalue weighted by atomic mass is 35.7. The van der Waals surface area contributed by atoms with Gasteiger partial charge in [0, 0.05) is 10.7 Å². The zero-order chi connectivity index (χ0) is 9.28. The van der Waals surface area contributed by atoms with E-state index in [0.717, 1.165) is 0 Å². The molecule has 68 valence electrons. The summed E-state index contributed by atoms with van der Waals surface area (Å²) in [5, 5.41) is 0. The standard InChI is InChI=1S/C2HCl5O3S/c3-1(2(4,5)6)10-11(7,8)9/h1H. The van der Waals surface area contributed by atoms with Gasteiger partial charge in [-0.05, 0) is 0 Å². The average molecular weight is 282 g/mol. The lowest BCUT2D eigenvalue weighted by Crippen LogP contribution is -2.24. The highest BCUT2D eigenvalue weighted by Crippen LogP contribution is 2.35. The highest BCUT2D eigenvalue weighted by Gasteiger charge is 2.35. The molecule has 0 aliphatic carbocycles. The summed E-state index contributed by atoms with van der Waals surface area (Å²) in [6.07, 6.45) is 0. The van der Waals surface area contributed by atoms with Crippen LogP contribution in [0.1, 0.15) is 0 Å². The molecule has 0 saturated carbocycles. The second-order valence-electron chi connectivity index (χ2n) is 1.35. The van der Waals surface area contributed by atoms with E-state index >= 15 is 0 Å². The first-order chi connectivity index (χ1) is 4.63. The van der Waals surface area contributed by atoms with E-state index in [-0.39, 0.29) is 0 Å². The largest absolute Gasteiger partial charge is 0.357 e. The molecule has 0 heterocycles. The molecule has 0 spiro atoms. The van der Waals surface area contributed by atoms with Crippen molar-refractivity contribution in [1.82, 2.24) is 0 Å². The quantitative estimate of drug-likeness (QED) is 0.577. The molecule has 0 rings (SSSR count). The van der Waals surface area contributed by atoms with Crippen LogP contribution in [0.5, 0.6) is 0 Å². The molecule has 0 amide bonds. The van der Waals surface area contributed by atoms with Gasteiger partial charge in [0.1, 0.15) is 0 Å². The molecule has 0 fully saturated rings. The Hall–Kier alpha value is 1.36. The Morgan fingerprint density at radius 2 is 1.64 bits per heavy atom. The monoisotopic (exact) mass is 280 g/mol. The lowest BCUT2D eigenvalue weighted by atomic mass is 10.8. The minimum Gasteiger partial charge on any atom is -0.234 e. The summed E-state index contributed by atoms with van der Waals surface area (Å²) in [4.78, 5) is 0. The summed E-state index contributed by atoms with van der Waals surface area (Å²) in [5.41, 5.74) is -1.64. The van der Waals surface area contributed by atoms with Crippen LogP contribution >= 0.6 is 57.1 Å². The van der Waals surface area contributed by atoms with Crippen LogP contribution in [0.3, 0.4) is 0 Å². The molecular weight excluding hydrogens is 281 g/mol. The van der Waals surface area contributed by atoms with Crippen LogP contribution in [0.4, 0.5) is 0 Å². The van der Waals surface area contributed by atoms with Gasteiger partial charge in [-0.15, -0.1) is 0 Å². The van der Waals surface area contributed by atoms with Crippen LogP contribution in [-0.4, -0.2) is 17.8 Å². The molecule has 1 atom stereocenters. The Bertz CT molecular complexity index is 216. The number of hydrogen-bond donors (Lipinski definition) is 0. The number of rotatable bonds is 2. The average Bonchev–Trinajstić information content (AvgIpc) is 1.56. The Labute approximate surface area is 88.1 Å². The molecule has 0 aliphatic heterocycles.